The summed E-state index contributed by atoms with van der Waals surface area (Å²) in [5, 5.41) is 2.27. The van der Waals surface area contributed by atoms with Crippen molar-refractivity contribution in [2.75, 3.05) is 6.67 Å². The van der Waals surface area contributed by atoms with Crippen molar-refractivity contribution in [3.63, 3.8) is 0 Å². The van der Waals surface area contributed by atoms with E-state index < -0.39 is 0 Å². The van der Waals surface area contributed by atoms with Crippen LogP contribution in [0.2, 0.25) is 0 Å². The first kappa shape index (κ1) is 28.9. The van der Waals surface area contributed by atoms with Gasteiger partial charge in [-0.15, -0.1) is 29.7 Å². The molecular weight excluding hydrogens is 748 g/mol. The van der Waals surface area contributed by atoms with E-state index in [1.54, 1.807) is 0 Å². The predicted octanol–water partition coefficient (Wildman–Crippen LogP) is 9.88. The maximum Gasteiger partial charge on any atom is 0.184 e. The van der Waals surface area contributed by atoms with E-state index in [4.69, 9.17) is 4.74 Å². The molecule has 6 heteroatoms. The van der Waals surface area contributed by atoms with Crippen LogP contribution in [0.1, 0.15) is 16.7 Å². The Morgan fingerprint density at radius 2 is 1.43 bits per heavy atom. The standard InChI is InChI=1S/C40H31N4O.Pt/c1-27-19-31(44-25-43(26-44,30-11-5-4-6-12-30)38-21-28(2)29(3)22-39(38)44)23-33(20-27)45-32-16-17-35-34-13-7-8-14-36(34)42(37(35)24-32)40-15-9-10-18-41-40;/h4-22,25H,26H2,1-3H3;/q-1;/t43-,44+;/m0./s1. The molecule has 0 saturated carbocycles. The van der Waals surface area contributed by atoms with E-state index in [0.717, 1.165) is 50.0 Å². The molecule has 2 atom stereocenters. The summed E-state index contributed by atoms with van der Waals surface area (Å²) in [6.45, 7) is 9.86. The fourth-order valence-electron chi connectivity index (χ4n) is 7.32. The van der Waals surface area contributed by atoms with E-state index in [-0.39, 0.29) is 21.1 Å². The molecule has 0 amide bonds. The third kappa shape index (κ3) is 4.09. The van der Waals surface area contributed by atoms with Crippen LogP contribution < -0.4 is 13.7 Å². The van der Waals surface area contributed by atoms with Crippen LogP contribution in [0.5, 0.6) is 11.5 Å². The largest absolute Gasteiger partial charge is 0.509 e. The number of pyridine rings is 1. The molecule has 0 radical (unpaired) electrons. The molecule has 7 aromatic rings. The summed E-state index contributed by atoms with van der Waals surface area (Å²) in [5.41, 5.74) is 10.8. The molecule has 2 aromatic heterocycles. The zero-order valence-corrected chi connectivity index (χ0v) is 28.0. The van der Waals surface area contributed by atoms with Gasteiger partial charge in [0.25, 0.3) is 0 Å². The number of ether oxygens (including phenoxy) is 1. The minimum atomic E-state index is 0. The topological polar surface area (TPSA) is 27.1 Å². The molecule has 10 rings (SSSR count). The number of para-hydroxylation sites is 2. The van der Waals surface area contributed by atoms with Gasteiger partial charge in [0.1, 0.15) is 11.5 Å². The number of hydrogen-bond donors (Lipinski definition) is 0. The number of hydrogen-bond acceptors (Lipinski definition) is 2. The predicted molar refractivity (Wildman–Crippen MR) is 182 cm³/mol. The van der Waals surface area contributed by atoms with Crippen LogP contribution in [0, 0.1) is 39.6 Å². The number of quaternary nitrogens is 2. The molecule has 3 aliphatic rings. The van der Waals surface area contributed by atoms with Crippen molar-refractivity contribution < 1.29 is 25.8 Å². The van der Waals surface area contributed by atoms with Crippen molar-refractivity contribution >= 4 is 44.6 Å². The molecule has 0 aliphatic carbocycles. The van der Waals surface area contributed by atoms with Gasteiger partial charge in [-0.2, -0.15) is 11.6 Å². The van der Waals surface area contributed by atoms with Gasteiger partial charge in [0.15, 0.2) is 18.0 Å². The number of benzene rings is 5. The molecule has 2 bridgehead atoms. The van der Waals surface area contributed by atoms with Crippen LogP contribution in [0.15, 0.2) is 115 Å². The number of nitrogens with zero attached hydrogens (tertiary/aromatic N) is 4. The maximum absolute atomic E-state index is 6.58. The van der Waals surface area contributed by atoms with E-state index in [0.29, 0.717) is 16.0 Å². The Morgan fingerprint density at radius 3 is 2.20 bits per heavy atom. The number of fused-ring (bicyclic) bond motifs is 3. The Labute approximate surface area is 283 Å². The van der Waals surface area contributed by atoms with Gasteiger partial charge >= 0.3 is 0 Å². The third-order valence-electron chi connectivity index (χ3n) is 9.57. The summed E-state index contributed by atoms with van der Waals surface area (Å²) in [5.74, 6) is 2.18. The van der Waals surface area contributed by atoms with Crippen molar-refractivity contribution in [1.82, 2.24) is 18.5 Å². The zero-order valence-electron chi connectivity index (χ0n) is 25.8. The van der Waals surface area contributed by atoms with Gasteiger partial charge < -0.3 is 13.8 Å². The molecule has 0 N–H and O–H groups in total. The molecule has 46 heavy (non-hydrogen) atoms. The SMILES string of the molecule is Cc1cc(Oc2[c-]c3c(cc2)c2ccccc2n3-c2ccccn2)[c-]c([N@@+]23[CH-][N@@+](c4ccccc4)(C2)c2cc(C)c(C)cc23)c1.[Pt]. The Bertz CT molecular complexity index is 2290. The number of aryl methyl sites for hydroxylation is 3. The number of aromatic nitrogens is 2. The van der Waals surface area contributed by atoms with E-state index >= 15 is 0 Å². The van der Waals surface area contributed by atoms with Crippen LogP contribution in [0.25, 0.3) is 27.6 Å². The van der Waals surface area contributed by atoms with Crippen molar-refractivity contribution in [1.29, 1.82) is 0 Å². The summed E-state index contributed by atoms with van der Waals surface area (Å²) in [7, 11) is 0. The summed E-state index contributed by atoms with van der Waals surface area (Å²) >= 11 is 0. The first-order chi connectivity index (χ1) is 21.9. The Kier molecular flexibility index (Phi) is 6.60. The van der Waals surface area contributed by atoms with E-state index in [9.17, 15) is 0 Å². The summed E-state index contributed by atoms with van der Waals surface area (Å²) in [4.78, 5) is 4.66. The monoisotopic (exact) mass is 778 g/mol. The molecule has 0 spiro atoms. The van der Waals surface area contributed by atoms with Crippen molar-refractivity contribution in [2.24, 2.45) is 0 Å². The second-order valence-electron chi connectivity index (χ2n) is 12.4. The Balaban J connectivity index is 0.00000312. The fourth-order valence-corrected chi connectivity index (χ4v) is 7.32. The summed E-state index contributed by atoms with van der Waals surface area (Å²) < 4.78 is 10.1. The van der Waals surface area contributed by atoms with Gasteiger partial charge in [0.05, 0.1) is 6.67 Å². The van der Waals surface area contributed by atoms with Gasteiger partial charge in [0, 0.05) is 62.1 Å². The average Bonchev–Trinajstić information content (AvgIpc) is 3.61. The Hall–Kier alpha value is -4.54. The first-order valence-electron chi connectivity index (χ1n) is 15.4. The first-order valence-corrected chi connectivity index (χ1v) is 15.4. The van der Waals surface area contributed by atoms with Gasteiger partial charge in [-0.3, -0.25) is 4.48 Å². The Morgan fingerprint density at radius 1 is 0.717 bits per heavy atom. The van der Waals surface area contributed by atoms with Crippen molar-refractivity contribution in [2.45, 2.75) is 20.8 Å². The van der Waals surface area contributed by atoms with E-state index in [2.05, 4.69) is 134 Å². The van der Waals surface area contributed by atoms with Gasteiger partial charge in [0.2, 0.25) is 0 Å². The quantitative estimate of drug-likeness (QED) is 0.129. The summed E-state index contributed by atoms with van der Waals surface area (Å²) in [6, 6.07) is 45.6. The minimum absolute atomic E-state index is 0. The molecular formula is C40H31N4OPt-. The normalized spacial score (nSPS) is 19.5. The van der Waals surface area contributed by atoms with Gasteiger partial charge in [-0.25, -0.2) is 4.98 Å². The van der Waals surface area contributed by atoms with Crippen LogP contribution >= 0.6 is 0 Å². The third-order valence-corrected chi connectivity index (χ3v) is 9.57. The fraction of sp³-hybridized carbons (Fsp3) is 0.100. The van der Waals surface area contributed by atoms with Crippen LogP contribution in [0.3, 0.4) is 0 Å². The summed E-state index contributed by atoms with van der Waals surface area (Å²) in [6.07, 6.45) is 1.82. The number of rotatable bonds is 5. The smallest absolute Gasteiger partial charge is 0.184 e. The second kappa shape index (κ2) is 10.5. The average molecular weight is 779 g/mol. The molecule has 5 aromatic carbocycles. The van der Waals surface area contributed by atoms with E-state index in [1.807, 2.05) is 30.5 Å². The van der Waals surface area contributed by atoms with Crippen LogP contribution in [-0.2, 0) is 21.1 Å². The molecule has 0 unspecified atom stereocenters. The zero-order chi connectivity index (χ0) is 30.3. The van der Waals surface area contributed by atoms with Gasteiger partial charge in [-0.05, 0) is 60.7 Å². The molecule has 228 valence electrons. The van der Waals surface area contributed by atoms with Crippen LogP contribution in [0.4, 0.5) is 22.7 Å². The molecule has 5 heterocycles. The molecule has 1 fully saturated rings. The maximum atomic E-state index is 6.58. The van der Waals surface area contributed by atoms with Crippen LogP contribution in [-0.4, -0.2) is 16.2 Å². The second-order valence-corrected chi connectivity index (χ2v) is 12.4. The van der Waals surface area contributed by atoms with Crippen molar-refractivity contribution in [3.8, 4) is 17.3 Å². The van der Waals surface area contributed by atoms with Gasteiger partial charge in [-0.1, -0.05) is 61.0 Å². The molecule has 1 saturated heterocycles. The van der Waals surface area contributed by atoms with Crippen molar-refractivity contribution in [3.05, 3.63) is 151 Å². The molecule has 5 nitrogen and oxygen atoms in total. The molecule has 3 aliphatic heterocycles. The minimum Gasteiger partial charge on any atom is -0.509 e. The van der Waals surface area contributed by atoms with E-state index in [1.165, 1.54) is 28.2 Å².